The van der Waals surface area contributed by atoms with Gasteiger partial charge in [0.25, 0.3) is 0 Å². The van der Waals surface area contributed by atoms with Crippen LogP contribution in [0.2, 0.25) is 0 Å². The van der Waals surface area contributed by atoms with Crippen LogP contribution < -0.4 is 9.80 Å². The first-order chi connectivity index (χ1) is 45.6. The molecule has 0 aliphatic carbocycles. The highest BCUT2D eigenvalue weighted by Gasteiger charge is 2.24. The Morgan fingerprint density at radius 2 is 0.872 bits per heavy atom. The van der Waals surface area contributed by atoms with Gasteiger partial charge in [-0.15, -0.1) is 6.58 Å². The number of rotatable bonds is 14. The molecule has 12 rings (SSSR count). The fraction of sp³-hybridized carbons (Fsp3) is 0.580. The zero-order chi connectivity index (χ0) is 67.0. The summed E-state index contributed by atoms with van der Waals surface area (Å²) in [6.45, 7) is 49.7. The molecular formula is C81H124N12O. The molecule has 6 aliphatic heterocycles. The highest BCUT2D eigenvalue weighted by atomic mass is 16.5. The topological polar surface area (TPSA) is 86.7 Å². The molecule has 0 unspecified atom stereocenters. The third-order valence-corrected chi connectivity index (χ3v) is 20.4. The highest BCUT2D eigenvalue weighted by Crippen LogP contribution is 2.31. The monoisotopic (exact) mass is 1280 g/mol. The lowest BCUT2D eigenvalue weighted by Crippen LogP contribution is -2.46. The predicted molar refractivity (Wildman–Crippen MR) is 399 cm³/mol. The maximum Gasteiger partial charge on any atom is 0.147 e. The molecule has 8 heterocycles. The van der Waals surface area contributed by atoms with E-state index in [1.165, 1.54) is 193 Å². The highest BCUT2D eigenvalue weighted by molar-refractivity contribution is 5.48. The van der Waals surface area contributed by atoms with Crippen LogP contribution >= 0.6 is 0 Å². The van der Waals surface area contributed by atoms with Crippen molar-refractivity contribution in [1.82, 2.24) is 49.3 Å². The summed E-state index contributed by atoms with van der Waals surface area (Å²) in [4.78, 5) is 37.3. The molecule has 6 fully saturated rings. The minimum Gasteiger partial charge on any atom is -0.383 e. The van der Waals surface area contributed by atoms with Gasteiger partial charge in [0.1, 0.15) is 5.82 Å². The average molecular weight is 1280 g/mol. The molecule has 2 aromatic heterocycles. The van der Waals surface area contributed by atoms with Gasteiger partial charge in [-0.05, 0) is 232 Å². The van der Waals surface area contributed by atoms with Crippen LogP contribution in [-0.2, 0) is 4.74 Å². The molecule has 514 valence electrons. The Morgan fingerprint density at radius 1 is 0.447 bits per heavy atom. The van der Waals surface area contributed by atoms with Crippen molar-refractivity contribution < 1.29 is 4.74 Å². The van der Waals surface area contributed by atoms with Crippen molar-refractivity contribution in [2.24, 2.45) is 0 Å². The third kappa shape index (κ3) is 26.3. The number of nitrogens with zero attached hydrogens (tertiary/aromatic N) is 12. The lowest BCUT2D eigenvalue weighted by molar-refractivity contribution is 0.130. The number of aryl methyl sites for hydroxylation is 6. The normalized spacial score (nSPS) is 18.8. The minimum absolute atomic E-state index is 0.624. The lowest BCUT2D eigenvalue weighted by Gasteiger charge is -2.35. The van der Waals surface area contributed by atoms with E-state index in [1.807, 2.05) is 44.7 Å². The average Bonchev–Trinajstić information content (AvgIpc) is 2.75. The van der Waals surface area contributed by atoms with E-state index in [0.29, 0.717) is 12.0 Å². The maximum absolute atomic E-state index is 5.13. The van der Waals surface area contributed by atoms with Crippen molar-refractivity contribution in [1.29, 1.82) is 0 Å². The van der Waals surface area contributed by atoms with Crippen molar-refractivity contribution in [2.45, 2.75) is 157 Å². The molecule has 0 bridgehead atoms. The summed E-state index contributed by atoms with van der Waals surface area (Å²) in [5.41, 5.74) is 14.5. The molecule has 0 amide bonds. The van der Waals surface area contributed by atoms with Gasteiger partial charge in [-0.2, -0.15) is 0 Å². The Hall–Kier alpha value is -5.90. The number of anilines is 2. The van der Waals surface area contributed by atoms with Crippen LogP contribution in [0.4, 0.5) is 11.5 Å². The van der Waals surface area contributed by atoms with Gasteiger partial charge in [-0.3, -0.25) is 24.8 Å². The van der Waals surface area contributed by atoms with Crippen LogP contribution in [-0.4, -0.2) is 207 Å². The summed E-state index contributed by atoms with van der Waals surface area (Å²) < 4.78 is 5.13. The molecule has 0 saturated carbocycles. The van der Waals surface area contributed by atoms with Crippen LogP contribution in [0, 0.1) is 41.5 Å². The largest absolute Gasteiger partial charge is 0.383 e. The van der Waals surface area contributed by atoms with Gasteiger partial charge in [0.2, 0.25) is 0 Å². The van der Waals surface area contributed by atoms with E-state index in [4.69, 9.17) is 4.74 Å². The van der Waals surface area contributed by atoms with Crippen LogP contribution in [0.15, 0.2) is 135 Å². The maximum atomic E-state index is 5.13. The molecule has 13 heteroatoms. The molecule has 0 N–H and O–H groups in total. The minimum atomic E-state index is 0.624. The Morgan fingerprint density at radius 3 is 1.30 bits per heavy atom. The fourth-order valence-corrected chi connectivity index (χ4v) is 13.7. The number of hydrogen-bond acceptors (Lipinski definition) is 13. The first-order valence-corrected chi connectivity index (χ1v) is 36.3. The predicted octanol–water partition coefficient (Wildman–Crippen LogP) is 14.8. The molecule has 6 aromatic rings. The van der Waals surface area contributed by atoms with Gasteiger partial charge in [0.05, 0.1) is 36.1 Å². The van der Waals surface area contributed by atoms with Crippen LogP contribution in [0.1, 0.15) is 165 Å². The van der Waals surface area contributed by atoms with E-state index in [0.717, 1.165) is 87.4 Å². The van der Waals surface area contributed by atoms with E-state index in [1.54, 1.807) is 7.11 Å². The molecular weight excluding hydrogens is 1160 g/mol. The first-order valence-electron chi connectivity index (χ1n) is 36.3. The number of piperazine rings is 1. The zero-order valence-corrected chi connectivity index (χ0v) is 60.7. The summed E-state index contributed by atoms with van der Waals surface area (Å²) >= 11 is 0. The molecule has 94 heavy (non-hydrogen) atoms. The van der Waals surface area contributed by atoms with Crippen molar-refractivity contribution >= 4 is 11.5 Å². The summed E-state index contributed by atoms with van der Waals surface area (Å²) in [7, 11) is 3.95. The van der Waals surface area contributed by atoms with Gasteiger partial charge in [-0.1, -0.05) is 127 Å². The summed E-state index contributed by atoms with van der Waals surface area (Å²) in [6, 6.07) is 36.7. The van der Waals surface area contributed by atoms with Gasteiger partial charge in [0, 0.05) is 103 Å². The SMILES string of the molecule is C=CCN1CCC(c2ccc(C)cc2)CC1.CCN1CCC(c2ccc(C)cc2)CC1.CCN1CCN(c2ccc(C)cc2)CC1.COCCN1CCC(c2ccc(C)cc2)CC1.Cc1cnc(C2CCN(C)CC2)cn1.Cc1cnc(N2CCCN(C(C)C)CC2)cn1. The molecule has 0 atom stereocenters. The standard InChI is InChI=1S/C15H23NO.C15H21N.C14H21N.C13H22N4.C13H20N2.C11H17N3/c1-13-3-5-14(6-4-13)15-7-9-16(10-8-15)11-12-17-2;1-3-10-16-11-8-15(9-12-16)14-6-4-13(2)5-7-14;1-3-15-10-8-14(9-11-15)13-6-4-12(2)5-7-13;1-11(2)16-5-4-6-17(8-7-16)13-10-14-12(3)9-15-13;1-3-14-8-10-15(11-9-14)13-6-4-12(2)5-7-13;1-9-7-13-11(8-12-9)10-3-5-14(2)6-4-10/h3-6,15H,7-12H2,1-2H3;3-7,15H,1,8-12H2,2H3;4-7,14H,3,8-11H2,1-2H3;9-11H,4-8H2,1-3H3;4-7H,3,8-11H2,1-2H3;7-8,10H,3-6H2,1-2H3. The summed E-state index contributed by atoms with van der Waals surface area (Å²) in [5, 5.41) is 0. The van der Waals surface area contributed by atoms with Gasteiger partial charge < -0.3 is 34.1 Å². The Bertz CT molecular complexity index is 2870. The quantitative estimate of drug-likeness (QED) is 0.0971. The van der Waals surface area contributed by atoms with E-state index in [-0.39, 0.29) is 0 Å². The number of ether oxygens (including phenoxy) is 1. The van der Waals surface area contributed by atoms with Crippen molar-refractivity contribution in [3.8, 4) is 0 Å². The van der Waals surface area contributed by atoms with Crippen LogP contribution in [0.5, 0.6) is 0 Å². The molecule has 0 radical (unpaired) electrons. The van der Waals surface area contributed by atoms with Crippen molar-refractivity contribution in [3.05, 3.63) is 191 Å². The number of hydrogen-bond donors (Lipinski definition) is 0. The van der Waals surface area contributed by atoms with Gasteiger partial charge >= 0.3 is 0 Å². The second kappa shape index (κ2) is 41.3. The summed E-state index contributed by atoms with van der Waals surface area (Å²) in [5.74, 6) is 3.96. The lowest BCUT2D eigenvalue weighted by atomic mass is 9.89. The number of benzene rings is 4. The number of likely N-dealkylation sites (tertiary alicyclic amines) is 4. The van der Waals surface area contributed by atoms with Crippen LogP contribution in [0.3, 0.4) is 0 Å². The number of likely N-dealkylation sites (N-methyl/N-ethyl adjacent to an activating group) is 1. The molecule has 13 nitrogen and oxygen atoms in total. The molecule has 6 saturated heterocycles. The summed E-state index contributed by atoms with van der Waals surface area (Å²) in [6.07, 6.45) is 21.0. The van der Waals surface area contributed by atoms with Gasteiger partial charge in [-0.25, -0.2) is 4.98 Å². The molecule has 4 aromatic carbocycles. The second-order valence-corrected chi connectivity index (χ2v) is 27.8. The number of piperidine rings is 4. The first kappa shape index (κ1) is 75.5. The Kier molecular flexibility index (Phi) is 33.1. The Balaban J connectivity index is 0.000000160. The van der Waals surface area contributed by atoms with E-state index in [2.05, 4.69) is 225 Å². The smallest absolute Gasteiger partial charge is 0.147 e. The van der Waals surface area contributed by atoms with Crippen LogP contribution in [0.25, 0.3) is 0 Å². The second-order valence-electron chi connectivity index (χ2n) is 27.8. The number of aromatic nitrogens is 4. The fourth-order valence-electron chi connectivity index (χ4n) is 13.7. The Labute approximate surface area is 571 Å². The van der Waals surface area contributed by atoms with Gasteiger partial charge in [0.15, 0.2) is 0 Å². The third-order valence-electron chi connectivity index (χ3n) is 20.4. The van der Waals surface area contributed by atoms with E-state index < -0.39 is 0 Å². The van der Waals surface area contributed by atoms with Crippen molar-refractivity contribution in [3.63, 3.8) is 0 Å². The van der Waals surface area contributed by atoms with Crippen molar-refractivity contribution in [2.75, 3.05) is 161 Å². The van der Waals surface area contributed by atoms with E-state index in [9.17, 15) is 0 Å². The number of methoxy groups -OCH3 is 1. The molecule has 0 spiro atoms. The zero-order valence-electron chi connectivity index (χ0n) is 60.7. The molecule has 6 aliphatic rings. The van der Waals surface area contributed by atoms with E-state index >= 15 is 0 Å².